The maximum absolute atomic E-state index is 3.50. The monoisotopic (exact) mass is 245 g/mol. The number of hydrogen-bond donors (Lipinski definition) is 1. The Kier molecular flexibility index (Phi) is 3.82. The summed E-state index contributed by atoms with van der Waals surface area (Å²) in [5.74, 6) is 1.46. The highest BCUT2D eigenvalue weighted by Crippen LogP contribution is 2.57. The molecule has 2 rings (SSSR count). The van der Waals surface area contributed by atoms with E-state index in [2.05, 4.69) is 64.3 Å². The van der Waals surface area contributed by atoms with E-state index in [0.717, 1.165) is 5.92 Å². The first-order valence-electron chi connectivity index (χ1n) is 7.26. The summed E-state index contributed by atoms with van der Waals surface area (Å²) in [5.41, 5.74) is 3.43. The Labute approximate surface area is 112 Å². The Hall–Kier alpha value is -0.820. The zero-order valence-corrected chi connectivity index (χ0v) is 12.5. The van der Waals surface area contributed by atoms with Gasteiger partial charge in [-0.15, -0.1) is 0 Å². The molecule has 0 aliphatic heterocycles. The number of rotatable bonds is 5. The van der Waals surface area contributed by atoms with Crippen molar-refractivity contribution in [2.75, 3.05) is 7.05 Å². The molecule has 1 saturated carbocycles. The van der Waals surface area contributed by atoms with E-state index in [0.29, 0.717) is 17.4 Å². The van der Waals surface area contributed by atoms with Gasteiger partial charge in [-0.2, -0.15) is 0 Å². The molecule has 0 heterocycles. The zero-order chi connectivity index (χ0) is 13.3. The molecule has 1 nitrogen and oxygen atoms in total. The van der Waals surface area contributed by atoms with Crippen LogP contribution in [-0.4, -0.2) is 7.05 Å². The lowest BCUT2D eigenvalue weighted by Gasteiger charge is -2.19. The molecule has 0 aromatic heterocycles. The first kappa shape index (κ1) is 13.6. The van der Waals surface area contributed by atoms with Gasteiger partial charge in [-0.25, -0.2) is 0 Å². The molecule has 0 radical (unpaired) electrons. The fourth-order valence-electron chi connectivity index (χ4n) is 2.94. The van der Waals surface area contributed by atoms with Crippen LogP contribution in [0.25, 0.3) is 0 Å². The minimum atomic E-state index is 0.517. The zero-order valence-electron chi connectivity index (χ0n) is 12.5. The fraction of sp³-hybridized carbons (Fsp3) is 0.647. The van der Waals surface area contributed by atoms with Crippen LogP contribution in [0.4, 0.5) is 0 Å². The van der Waals surface area contributed by atoms with E-state index in [4.69, 9.17) is 0 Å². The number of nitrogens with one attached hydrogen (secondary N) is 1. The summed E-state index contributed by atoms with van der Waals surface area (Å²) in [6, 6.07) is 9.77. The molecule has 100 valence electrons. The van der Waals surface area contributed by atoms with Crippen LogP contribution in [0.15, 0.2) is 24.3 Å². The van der Waals surface area contributed by atoms with Crippen LogP contribution in [0, 0.1) is 11.3 Å². The van der Waals surface area contributed by atoms with Crippen LogP contribution in [0.2, 0.25) is 0 Å². The molecule has 1 heteroatoms. The maximum Gasteiger partial charge on any atom is 0.0351 e. The lowest BCUT2D eigenvalue weighted by molar-refractivity contribution is 0.441. The third-order valence-corrected chi connectivity index (χ3v) is 4.78. The molecule has 0 spiro atoms. The standard InChI is InChI=1S/C17H27N/c1-6-12(2)13-7-9-14(10-8-13)16(18-5)15-11-17(15,3)4/h7-10,12,15-16,18H,6,11H2,1-5H3. The van der Waals surface area contributed by atoms with E-state index in [-0.39, 0.29) is 0 Å². The van der Waals surface area contributed by atoms with Gasteiger partial charge in [0.1, 0.15) is 0 Å². The lowest BCUT2D eigenvalue weighted by atomic mass is 9.93. The van der Waals surface area contributed by atoms with Gasteiger partial charge >= 0.3 is 0 Å². The molecule has 3 atom stereocenters. The summed E-state index contributed by atoms with van der Waals surface area (Å²) in [5, 5.41) is 3.50. The van der Waals surface area contributed by atoms with Gasteiger partial charge in [0.05, 0.1) is 0 Å². The van der Waals surface area contributed by atoms with E-state index >= 15 is 0 Å². The minimum absolute atomic E-state index is 0.517. The maximum atomic E-state index is 3.50. The topological polar surface area (TPSA) is 12.0 Å². The molecule has 1 aromatic rings. The van der Waals surface area contributed by atoms with Gasteiger partial charge in [-0.3, -0.25) is 0 Å². The smallest absolute Gasteiger partial charge is 0.0351 e. The SMILES string of the molecule is CCC(C)c1ccc(C(NC)C2CC2(C)C)cc1. The average molecular weight is 245 g/mol. The van der Waals surface area contributed by atoms with E-state index in [9.17, 15) is 0 Å². The van der Waals surface area contributed by atoms with Crippen molar-refractivity contribution in [1.82, 2.24) is 5.32 Å². The van der Waals surface area contributed by atoms with Gasteiger partial charge in [0.2, 0.25) is 0 Å². The molecule has 0 amide bonds. The highest BCUT2D eigenvalue weighted by molar-refractivity contribution is 5.29. The van der Waals surface area contributed by atoms with Crippen LogP contribution in [-0.2, 0) is 0 Å². The summed E-state index contributed by atoms with van der Waals surface area (Å²) in [4.78, 5) is 0. The predicted octanol–water partition coefficient (Wildman–Crippen LogP) is 4.51. The van der Waals surface area contributed by atoms with E-state index in [1.165, 1.54) is 24.0 Å². The Bertz CT molecular complexity index is 391. The molecular formula is C17H27N. The van der Waals surface area contributed by atoms with Crippen LogP contribution in [0.3, 0.4) is 0 Å². The Morgan fingerprint density at radius 3 is 2.11 bits per heavy atom. The molecule has 1 aliphatic rings. The molecule has 3 unspecified atom stereocenters. The lowest BCUT2D eigenvalue weighted by Crippen LogP contribution is -2.20. The fourth-order valence-corrected chi connectivity index (χ4v) is 2.94. The van der Waals surface area contributed by atoms with Crippen molar-refractivity contribution in [3.63, 3.8) is 0 Å². The van der Waals surface area contributed by atoms with Crippen molar-refractivity contribution >= 4 is 0 Å². The molecular weight excluding hydrogens is 218 g/mol. The van der Waals surface area contributed by atoms with Crippen molar-refractivity contribution in [3.05, 3.63) is 35.4 Å². The Morgan fingerprint density at radius 1 is 1.22 bits per heavy atom. The summed E-state index contributed by atoms with van der Waals surface area (Å²) < 4.78 is 0. The quantitative estimate of drug-likeness (QED) is 0.805. The number of benzene rings is 1. The second-order valence-corrected chi connectivity index (χ2v) is 6.54. The van der Waals surface area contributed by atoms with Gasteiger partial charge in [-0.1, -0.05) is 52.0 Å². The summed E-state index contributed by atoms with van der Waals surface area (Å²) in [7, 11) is 2.08. The van der Waals surface area contributed by atoms with Crippen molar-refractivity contribution in [1.29, 1.82) is 0 Å². The van der Waals surface area contributed by atoms with Crippen molar-refractivity contribution in [2.24, 2.45) is 11.3 Å². The second-order valence-electron chi connectivity index (χ2n) is 6.54. The van der Waals surface area contributed by atoms with E-state index in [1.54, 1.807) is 0 Å². The largest absolute Gasteiger partial charge is 0.313 e. The third-order valence-electron chi connectivity index (χ3n) is 4.78. The van der Waals surface area contributed by atoms with Gasteiger partial charge in [0, 0.05) is 6.04 Å². The Morgan fingerprint density at radius 2 is 1.72 bits per heavy atom. The average Bonchev–Trinajstić information content (AvgIpc) is 2.99. The molecule has 1 aromatic carbocycles. The predicted molar refractivity (Wildman–Crippen MR) is 78.8 cm³/mol. The highest BCUT2D eigenvalue weighted by Gasteiger charge is 2.49. The normalized spacial score (nSPS) is 24.6. The van der Waals surface area contributed by atoms with Gasteiger partial charge in [0.15, 0.2) is 0 Å². The van der Waals surface area contributed by atoms with Crippen molar-refractivity contribution in [2.45, 2.75) is 52.5 Å². The summed E-state index contributed by atoms with van der Waals surface area (Å²) in [6.07, 6.45) is 2.55. The molecule has 1 aliphatic carbocycles. The van der Waals surface area contributed by atoms with Crippen molar-refractivity contribution in [3.8, 4) is 0 Å². The van der Waals surface area contributed by atoms with E-state index < -0.39 is 0 Å². The summed E-state index contributed by atoms with van der Waals surface area (Å²) >= 11 is 0. The first-order valence-corrected chi connectivity index (χ1v) is 7.26. The van der Waals surface area contributed by atoms with Gasteiger partial charge < -0.3 is 5.32 Å². The van der Waals surface area contributed by atoms with Gasteiger partial charge in [0.25, 0.3) is 0 Å². The van der Waals surface area contributed by atoms with Crippen molar-refractivity contribution < 1.29 is 0 Å². The molecule has 0 bridgehead atoms. The molecule has 1 N–H and O–H groups in total. The van der Waals surface area contributed by atoms with Crippen LogP contribution in [0.1, 0.15) is 63.6 Å². The molecule has 0 saturated heterocycles. The summed E-state index contributed by atoms with van der Waals surface area (Å²) in [6.45, 7) is 9.29. The second kappa shape index (κ2) is 5.05. The first-order chi connectivity index (χ1) is 8.49. The van der Waals surface area contributed by atoms with Gasteiger partial charge in [-0.05, 0) is 48.3 Å². The molecule has 18 heavy (non-hydrogen) atoms. The minimum Gasteiger partial charge on any atom is -0.313 e. The van der Waals surface area contributed by atoms with Crippen LogP contribution >= 0.6 is 0 Å². The third kappa shape index (κ3) is 2.61. The Balaban J connectivity index is 2.13. The van der Waals surface area contributed by atoms with Crippen LogP contribution < -0.4 is 5.32 Å². The highest BCUT2D eigenvalue weighted by atomic mass is 14.9. The van der Waals surface area contributed by atoms with E-state index in [1.807, 2.05) is 0 Å². The molecule has 1 fully saturated rings. The van der Waals surface area contributed by atoms with Crippen LogP contribution in [0.5, 0.6) is 0 Å². The number of hydrogen-bond acceptors (Lipinski definition) is 1.